The lowest BCUT2D eigenvalue weighted by Gasteiger charge is -2.09. The molecule has 0 aromatic heterocycles. The lowest BCUT2D eigenvalue weighted by Crippen LogP contribution is -2.19. The van der Waals surface area contributed by atoms with Crippen LogP contribution in [0.1, 0.15) is 17.3 Å². The van der Waals surface area contributed by atoms with Crippen molar-refractivity contribution in [2.75, 3.05) is 12.9 Å². The van der Waals surface area contributed by atoms with Gasteiger partial charge >= 0.3 is 0 Å². The zero-order chi connectivity index (χ0) is 12.2. The molecule has 88 valence electrons. The minimum absolute atomic E-state index is 0.118. The molecule has 0 bridgehead atoms. The molecule has 1 aromatic rings. The van der Waals surface area contributed by atoms with Crippen LogP contribution in [0.15, 0.2) is 30.3 Å². The van der Waals surface area contributed by atoms with E-state index in [1.165, 1.54) is 0 Å². The lowest BCUT2D eigenvalue weighted by atomic mass is 10.0. The maximum absolute atomic E-state index is 11.8. The van der Waals surface area contributed by atoms with E-state index in [0.29, 0.717) is 5.56 Å². The summed E-state index contributed by atoms with van der Waals surface area (Å²) in [5.74, 6) is -0.596. The highest BCUT2D eigenvalue weighted by Gasteiger charge is 2.17. The Labute approximate surface area is 95.4 Å². The second-order valence-electron chi connectivity index (χ2n) is 3.62. The molecule has 0 aliphatic rings. The summed E-state index contributed by atoms with van der Waals surface area (Å²) in [5, 5.41) is 0. The maximum atomic E-state index is 11.8. The number of rotatable bonds is 5. The molecule has 0 aliphatic carbocycles. The quantitative estimate of drug-likeness (QED) is 0.579. The van der Waals surface area contributed by atoms with E-state index in [1.54, 1.807) is 31.2 Å². The van der Waals surface area contributed by atoms with Crippen molar-refractivity contribution in [2.24, 2.45) is 5.92 Å². The molecule has 0 N–H and O–H groups in total. The normalized spacial score (nSPS) is 13.4. The van der Waals surface area contributed by atoms with Gasteiger partial charge in [0.15, 0.2) is 5.78 Å². The van der Waals surface area contributed by atoms with E-state index in [9.17, 15) is 13.2 Å². The third-order valence-corrected chi connectivity index (χ3v) is 2.60. The summed E-state index contributed by atoms with van der Waals surface area (Å²) >= 11 is 0. The molecule has 0 fully saturated rings. The van der Waals surface area contributed by atoms with Gasteiger partial charge in [-0.15, -0.1) is 0 Å². The smallest absolute Gasteiger partial charge is 0.264 e. The summed E-state index contributed by atoms with van der Waals surface area (Å²) in [5.41, 5.74) is 0.562. The Kier molecular flexibility index (Phi) is 4.20. The van der Waals surface area contributed by atoms with Gasteiger partial charge in [0.05, 0.1) is 12.9 Å². The second kappa shape index (κ2) is 5.23. The number of carbonyl (C=O) groups excluding carboxylic acids is 1. The topological polar surface area (TPSA) is 60.4 Å². The van der Waals surface area contributed by atoms with Crippen LogP contribution < -0.4 is 0 Å². The van der Waals surface area contributed by atoms with Gasteiger partial charge in [-0.3, -0.25) is 8.98 Å². The molecule has 0 aliphatic heterocycles. The van der Waals surface area contributed by atoms with Crippen LogP contribution in [0.4, 0.5) is 0 Å². The van der Waals surface area contributed by atoms with Gasteiger partial charge < -0.3 is 0 Å². The summed E-state index contributed by atoms with van der Waals surface area (Å²) in [7, 11) is -3.49. The molecule has 1 unspecified atom stereocenters. The highest BCUT2D eigenvalue weighted by molar-refractivity contribution is 7.85. The molecule has 0 heterocycles. The molecule has 1 atom stereocenters. The molecular formula is C11H14O4S. The fourth-order valence-corrected chi connectivity index (χ4v) is 1.64. The van der Waals surface area contributed by atoms with Crippen molar-refractivity contribution in [2.45, 2.75) is 6.92 Å². The van der Waals surface area contributed by atoms with E-state index < -0.39 is 16.0 Å². The Balaban J connectivity index is 2.62. The van der Waals surface area contributed by atoms with E-state index >= 15 is 0 Å². The van der Waals surface area contributed by atoms with Crippen molar-refractivity contribution in [1.82, 2.24) is 0 Å². The van der Waals surface area contributed by atoms with Gasteiger partial charge in [-0.1, -0.05) is 37.3 Å². The standard InChI is InChI=1S/C11H14O4S/c1-9(8-15-16(2,13)14)11(12)10-6-4-3-5-7-10/h3-7,9H,8H2,1-2H3. The van der Waals surface area contributed by atoms with E-state index in [4.69, 9.17) is 0 Å². The number of hydrogen-bond donors (Lipinski definition) is 0. The fourth-order valence-electron chi connectivity index (χ4n) is 1.19. The molecule has 16 heavy (non-hydrogen) atoms. The van der Waals surface area contributed by atoms with E-state index in [-0.39, 0.29) is 12.4 Å². The third-order valence-electron chi connectivity index (χ3n) is 2.04. The van der Waals surface area contributed by atoms with Crippen LogP contribution in [-0.4, -0.2) is 27.1 Å². The van der Waals surface area contributed by atoms with Gasteiger partial charge in [-0.2, -0.15) is 8.42 Å². The van der Waals surface area contributed by atoms with Crippen LogP contribution in [0, 0.1) is 5.92 Å². The number of ketones is 1. The first-order valence-corrected chi connectivity index (χ1v) is 6.65. The largest absolute Gasteiger partial charge is 0.294 e. The summed E-state index contributed by atoms with van der Waals surface area (Å²) in [6.07, 6.45) is 0.965. The number of carbonyl (C=O) groups is 1. The van der Waals surface area contributed by atoms with Crippen molar-refractivity contribution in [3.05, 3.63) is 35.9 Å². The van der Waals surface area contributed by atoms with Crippen molar-refractivity contribution < 1.29 is 17.4 Å². The first-order valence-electron chi connectivity index (χ1n) is 4.84. The van der Waals surface area contributed by atoms with Crippen LogP contribution >= 0.6 is 0 Å². The molecule has 4 nitrogen and oxygen atoms in total. The highest BCUT2D eigenvalue weighted by atomic mass is 32.2. The molecule has 0 saturated heterocycles. The predicted molar refractivity (Wildman–Crippen MR) is 60.7 cm³/mol. The average Bonchev–Trinajstić information content (AvgIpc) is 2.25. The summed E-state index contributed by atoms with van der Waals surface area (Å²) in [6.45, 7) is 1.52. The molecule has 0 radical (unpaired) electrons. The van der Waals surface area contributed by atoms with Gasteiger partial charge in [-0.05, 0) is 0 Å². The van der Waals surface area contributed by atoms with E-state index in [0.717, 1.165) is 6.26 Å². The van der Waals surface area contributed by atoms with Crippen molar-refractivity contribution in [1.29, 1.82) is 0 Å². The lowest BCUT2D eigenvalue weighted by molar-refractivity contribution is 0.0893. The number of hydrogen-bond acceptors (Lipinski definition) is 4. The predicted octanol–water partition coefficient (Wildman–Crippen LogP) is 1.48. The molecule has 0 amide bonds. The zero-order valence-electron chi connectivity index (χ0n) is 9.21. The van der Waals surface area contributed by atoms with E-state index in [2.05, 4.69) is 4.18 Å². The van der Waals surface area contributed by atoms with Gasteiger partial charge in [0.1, 0.15) is 0 Å². The molecule has 0 saturated carbocycles. The third kappa shape index (κ3) is 4.12. The summed E-state index contributed by atoms with van der Waals surface area (Å²) in [6, 6.07) is 8.72. The van der Waals surface area contributed by atoms with Crippen LogP contribution in [0.25, 0.3) is 0 Å². The van der Waals surface area contributed by atoms with Crippen LogP contribution in [-0.2, 0) is 14.3 Å². The highest BCUT2D eigenvalue weighted by Crippen LogP contribution is 2.09. The molecular weight excluding hydrogens is 228 g/mol. The molecule has 0 spiro atoms. The van der Waals surface area contributed by atoms with E-state index in [1.807, 2.05) is 6.07 Å². The summed E-state index contributed by atoms with van der Waals surface area (Å²) < 4.78 is 26.1. The molecule has 5 heteroatoms. The first kappa shape index (κ1) is 12.9. The van der Waals surface area contributed by atoms with Crippen molar-refractivity contribution >= 4 is 15.9 Å². The van der Waals surface area contributed by atoms with Crippen LogP contribution in [0.5, 0.6) is 0 Å². The molecule has 1 aromatic carbocycles. The fraction of sp³-hybridized carbons (Fsp3) is 0.364. The molecule has 1 rings (SSSR count). The van der Waals surface area contributed by atoms with Crippen LogP contribution in [0.2, 0.25) is 0 Å². The SMILES string of the molecule is CC(COS(C)(=O)=O)C(=O)c1ccccc1. The Morgan fingerprint density at radius 2 is 1.88 bits per heavy atom. The van der Waals surface area contributed by atoms with Gasteiger partial charge in [0.25, 0.3) is 10.1 Å². The number of benzene rings is 1. The van der Waals surface area contributed by atoms with Gasteiger partial charge in [-0.25, -0.2) is 0 Å². The average molecular weight is 242 g/mol. The Bertz CT molecular complexity index is 450. The van der Waals surface area contributed by atoms with Gasteiger partial charge in [0, 0.05) is 11.5 Å². The number of Topliss-reactive ketones (excluding diaryl/α,β-unsaturated/α-hetero) is 1. The Hall–Kier alpha value is -1.20. The van der Waals surface area contributed by atoms with Crippen molar-refractivity contribution in [3.63, 3.8) is 0 Å². The Morgan fingerprint density at radius 1 is 1.31 bits per heavy atom. The second-order valence-corrected chi connectivity index (χ2v) is 5.26. The first-order chi connectivity index (χ1) is 7.40. The monoisotopic (exact) mass is 242 g/mol. The Morgan fingerprint density at radius 3 is 2.38 bits per heavy atom. The maximum Gasteiger partial charge on any atom is 0.264 e. The minimum Gasteiger partial charge on any atom is -0.294 e. The van der Waals surface area contributed by atoms with Crippen LogP contribution in [0.3, 0.4) is 0 Å². The minimum atomic E-state index is -3.49. The van der Waals surface area contributed by atoms with Gasteiger partial charge in [0.2, 0.25) is 0 Å². The van der Waals surface area contributed by atoms with Crippen molar-refractivity contribution in [3.8, 4) is 0 Å². The summed E-state index contributed by atoms with van der Waals surface area (Å²) in [4.78, 5) is 11.8. The zero-order valence-corrected chi connectivity index (χ0v) is 10.0.